The monoisotopic (exact) mass is 470 g/mol. The van der Waals surface area contributed by atoms with E-state index in [1.807, 2.05) is 0 Å². The maximum Gasteiger partial charge on any atom is 0.310 e. The van der Waals surface area contributed by atoms with E-state index >= 15 is 0 Å². The zero-order chi connectivity index (χ0) is 25.1. The number of aliphatic hydroxyl groups excluding tert-OH is 1. The molecule has 2 N–H and O–H groups in total. The van der Waals surface area contributed by atoms with Gasteiger partial charge in [0.25, 0.3) is 0 Å². The van der Waals surface area contributed by atoms with Crippen molar-refractivity contribution in [2.75, 3.05) is 0 Å². The van der Waals surface area contributed by atoms with Gasteiger partial charge in [-0.15, -0.1) is 0 Å². The van der Waals surface area contributed by atoms with Crippen molar-refractivity contribution in [1.29, 1.82) is 0 Å². The van der Waals surface area contributed by atoms with Gasteiger partial charge in [-0.3, -0.25) is 4.79 Å². The van der Waals surface area contributed by atoms with Crippen molar-refractivity contribution in [1.82, 2.24) is 0 Å². The smallest absolute Gasteiger partial charge is 0.310 e. The van der Waals surface area contributed by atoms with Gasteiger partial charge in [-0.2, -0.15) is 0 Å². The molecule has 0 aromatic heterocycles. The SMILES string of the molecule is C=C(C)[C@@H]1CC[C@]2(C(=O)O)CC[C@]3(C)[C@H](CC[C@@H]4[C@@]5(C)CC[C@H](O)C(C)(C)C5CC[C@]43C)[C@@]12C. The van der Waals surface area contributed by atoms with E-state index in [2.05, 4.69) is 55.0 Å². The molecule has 10 atom stereocenters. The highest BCUT2D eigenvalue weighted by Crippen LogP contribution is 2.80. The molecule has 5 saturated carbocycles. The number of aliphatic carboxylic acids is 1. The van der Waals surface area contributed by atoms with Crippen molar-refractivity contribution in [3.8, 4) is 0 Å². The Morgan fingerprint density at radius 2 is 1.38 bits per heavy atom. The maximum absolute atomic E-state index is 13.0. The second kappa shape index (κ2) is 7.14. The highest BCUT2D eigenvalue weighted by Gasteiger charge is 2.75. The van der Waals surface area contributed by atoms with Gasteiger partial charge in [0.1, 0.15) is 0 Å². The second-order valence-corrected chi connectivity index (χ2v) is 15.1. The minimum Gasteiger partial charge on any atom is -0.481 e. The van der Waals surface area contributed by atoms with Crippen LogP contribution in [0.15, 0.2) is 12.2 Å². The molecule has 5 aliphatic carbocycles. The zero-order valence-electron chi connectivity index (χ0n) is 23.0. The fraction of sp³-hybridized carbons (Fsp3) is 0.903. The van der Waals surface area contributed by atoms with Gasteiger partial charge in [-0.25, -0.2) is 0 Å². The van der Waals surface area contributed by atoms with Crippen LogP contribution >= 0.6 is 0 Å². The van der Waals surface area contributed by atoms with Crippen LogP contribution in [0, 0.1) is 56.2 Å². The van der Waals surface area contributed by atoms with Crippen LogP contribution in [0.5, 0.6) is 0 Å². The first-order chi connectivity index (χ1) is 15.6. The number of carbonyl (C=O) groups is 1. The molecule has 34 heavy (non-hydrogen) atoms. The molecule has 0 spiro atoms. The highest BCUT2D eigenvalue weighted by atomic mass is 16.4. The van der Waals surface area contributed by atoms with E-state index in [0.29, 0.717) is 23.7 Å². The van der Waals surface area contributed by atoms with Crippen LogP contribution in [-0.2, 0) is 4.79 Å². The summed E-state index contributed by atoms with van der Waals surface area (Å²) >= 11 is 0. The summed E-state index contributed by atoms with van der Waals surface area (Å²) in [6.07, 6.45) is 10.3. The van der Waals surface area contributed by atoms with Crippen LogP contribution in [0.2, 0.25) is 0 Å². The van der Waals surface area contributed by atoms with Crippen LogP contribution in [0.3, 0.4) is 0 Å². The summed E-state index contributed by atoms with van der Waals surface area (Å²) in [4.78, 5) is 13.0. The first-order valence-corrected chi connectivity index (χ1v) is 14.2. The molecule has 0 heterocycles. The lowest BCUT2D eigenvalue weighted by atomic mass is 9.30. The summed E-state index contributed by atoms with van der Waals surface area (Å²) in [7, 11) is 0. The first kappa shape index (κ1) is 24.8. The Balaban J connectivity index is 1.61. The normalized spacial score (nSPS) is 55.9. The van der Waals surface area contributed by atoms with Crippen LogP contribution in [0.1, 0.15) is 113 Å². The van der Waals surface area contributed by atoms with Crippen molar-refractivity contribution >= 4 is 5.97 Å². The topological polar surface area (TPSA) is 57.5 Å². The predicted octanol–water partition coefficient (Wildman–Crippen LogP) is 7.48. The Morgan fingerprint density at radius 3 is 2.00 bits per heavy atom. The number of carboxylic acid groups (broad SMARTS) is 1. The van der Waals surface area contributed by atoms with Crippen LogP contribution in [0.25, 0.3) is 0 Å². The van der Waals surface area contributed by atoms with E-state index in [0.717, 1.165) is 44.9 Å². The van der Waals surface area contributed by atoms with Gasteiger partial charge in [-0.05, 0) is 122 Å². The molecule has 3 heteroatoms. The Hall–Kier alpha value is -0.830. The summed E-state index contributed by atoms with van der Waals surface area (Å²) in [5.74, 6) is 1.40. The third-order valence-electron chi connectivity index (χ3n) is 14.3. The molecular formula is C31H50O3. The van der Waals surface area contributed by atoms with E-state index in [4.69, 9.17) is 0 Å². The van der Waals surface area contributed by atoms with E-state index < -0.39 is 11.4 Å². The van der Waals surface area contributed by atoms with Gasteiger partial charge in [0.2, 0.25) is 0 Å². The second-order valence-electron chi connectivity index (χ2n) is 15.1. The summed E-state index contributed by atoms with van der Waals surface area (Å²) in [6.45, 7) is 21.3. The molecule has 0 amide bonds. The van der Waals surface area contributed by atoms with Crippen molar-refractivity contribution in [2.24, 2.45) is 56.2 Å². The van der Waals surface area contributed by atoms with Crippen LogP contribution in [-0.4, -0.2) is 22.3 Å². The fourth-order valence-corrected chi connectivity index (χ4v) is 12.3. The van der Waals surface area contributed by atoms with Gasteiger partial charge in [-0.1, -0.05) is 53.7 Å². The van der Waals surface area contributed by atoms with Gasteiger partial charge >= 0.3 is 5.97 Å². The minimum absolute atomic E-state index is 0.0282. The van der Waals surface area contributed by atoms with Crippen molar-refractivity contribution in [3.63, 3.8) is 0 Å². The molecule has 0 aliphatic heterocycles. The van der Waals surface area contributed by atoms with E-state index in [-0.39, 0.29) is 33.2 Å². The molecule has 5 fully saturated rings. The van der Waals surface area contributed by atoms with Crippen molar-refractivity contribution < 1.29 is 15.0 Å². The number of carboxylic acids is 1. The summed E-state index contributed by atoms with van der Waals surface area (Å²) < 4.78 is 0. The Kier molecular flexibility index (Phi) is 5.22. The lowest BCUT2D eigenvalue weighted by Gasteiger charge is -2.74. The standard InChI is InChI=1S/C31H50O3/c1-19(2)20-11-16-31(25(33)34)18-17-29(7)23(30(20,31)8)10-9-22-27(5)14-13-24(32)26(3,4)21(27)12-15-28(22,29)6/h20-24,32H,1,9-18H2,2-8H3,(H,33,34)/t20-,21?,22+,23-,24-,27-,28+,29+,30+,31+/m0/s1. The van der Waals surface area contributed by atoms with E-state index in [1.165, 1.54) is 24.8 Å². The van der Waals surface area contributed by atoms with Gasteiger partial charge in [0.15, 0.2) is 0 Å². The van der Waals surface area contributed by atoms with Crippen LogP contribution in [0.4, 0.5) is 0 Å². The number of allylic oxidation sites excluding steroid dienone is 1. The Labute approximate surface area is 208 Å². The molecule has 0 aromatic carbocycles. The molecule has 5 aliphatic rings. The van der Waals surface area contributed by atoms with Gasteiger partial charge in [0, 0.05) is 0 Å². The summed E-state index contributed by atoms with van der Waals surface area (Å²) in [5, 5.41) is 21.6. The number of hydrogen-bond donors (Lipinski definition) is 2. The average Bonchev–Trinajstić information content (AvgIpc) is 3.06. The third kappa shape index (κ3) is 2.57. The molecule has 1 unspecified atom stereocenters. The molecule has 0 saturated heterocycles. The molecule has 5 rings (SSSR count). The first-order valence-electron chi connectivity index (χ1n) is 14.2. The number of fused-ring (bicyclic) bond motifs is 7. The Bertz CT molecular complexity index is 906. The highest BCUT2D eigenvalue weighted by molar-refractivity contribution is 5.77. The minimum atomic E-state index is -0.595. The molecular weight excluding hydrogens is 420 g/mol. The number of rotatable bonds is 2. The lowest BCUT2D eigenvalue weighted by Crippen LogP contribution is -2.69. The quantitative estimate of drug-likeness (QED) is 0.411. The van der Waals surface area contributed by atoms with Crippen LogP contribution < -0.4 is 0 Å². The van der Waals surface area contributed by atoms with E-state index in [1.54, 1.807) is 0 Å². The number of hydrogen-bond acceptors (Lipinski definition) is 2. The zero-order valence-corrected chi connectivity index (χ0v) is 23.0. The molecule has 192 valence electrons. The predicted molar refractivity (Wildman–Crippen MR) is 137 cm³/mol. The fourth-order valence-electron chi connectivity index (χ4n) is 12.3. The maximum atomic E-state index is 13.0. The lowest BCUT2D eigenvalue weighted by molar-refractivity contribution is -0.264. The average molecular weight is 471 g/mol. The molecule has 0 bridgehead atoms. The van der Waals surface area contributed by atoms with Gasteiger partial charge < -0.3 is 10.2 Å². The van der Waals surface area contributed by atoms with Gasteiger partial charge in [0.05, 0.1) is 11.5 Å². The third-order valence-corrected chi connectivity index (χ3v) is 14.3. The summed E-state index contributed by atoms with van der Waals surface area (Å²) in [5.41, 5.74) is 0.981. The van der Waals surface area contributed by atoms with Crippen molar-refractivity contribution in [3.05, 3.63) is 12.2 Å². The Morgan fingerprint density at radius 1 is 0.765 bits per heavy atom. The largest absolute Gasteiger partial charge is 0.481 e. The molecule has 0 radical (unpaired) electrons. The molecule has 3 nitrogen and oxygen atoms in total. The number of aliphatic hydroxyl groups is 1. The van der Waals surface area contributed by atoms with E-state index in [9.17, 15) is 15.0 Å². The van der Waals surface area contributed by atoms with Crippen molar-refractivity contribution in [2.45, 2.75) is 119 Å². The molecule has 0 aromatic rings. The summed E-state index contributed by atoms with van der Waals surface area (Å²) in [6, 6.07) is 0.